The van der Waals surface area contributed by atoms with E-state index >= 15 is 0 Å². The Balaban J connectivity index is 0.924. The van der Waals surface area contributed by atoms with Gasteiger partial charge >= 0.3 is 11.9 Å². The van der Waals surface area contributed by atoms with Crippen LogP contribution < -0.4 is 5.73 Å². The van der Waals surface area contributed by atoms with Crippen molar-refractivity contribution in [1.29, 1.82) is 0 Å². The average molecular weight is 767 g/mol. The number of aromatic nitrogens is 3. The molecule has 0 spiro atoms. The summed E-state index contributed by atoms with van der Waals surface area (Å²) >= 11 is 1.48. The van der Waals surface area contributed by atoms with Crippen LogP contribution in [0.2, 0.25) is 0 Å². The van der Waals surface area contributed by atoms with Crippen molar-refractivity contribution in [2.45, 2.75) is 78.5 Å². The number of ketones is 1. The molecule has 2 aromatic rings. The van der Waals surface area contributed by atoms with Crippen molar-refractivity contribution in [2.24, 2.45) is 11.7 Å². The number of rotatable bonds is 15. The number of hydrogen-bond donors (Lipinski definition) is 1. The van der Waals surface area contributed by atoms with E-state index in [2.05, 4.69) is 10.3 Å². The van der Waals surface area contributed by atoms with Crippen LogP contribution in [0.1, 0.15) is 45.2 Å². The number of sulfone groups is 1. The van der Waals surface area contributed by atoms with Gasteiger partial charge in [0.15, 0.2) is 21.7 Å². The third kappa shape index (κ3) is 6.43. The number of ether oxygens (including phenoxy) is 2. The topological polar surface area (TPSA) is 201 Å². The predicted molar refractivity (Wildman–Crippen MR) is 186 cm³/mol. The number of carbonyl (C=O) groups is 5. The zero-order valence-electron chi connectivity index (χ0n) is 27.6. The standard InChI is InChI=1S/C31H38N6O9S4/c1-30(2)24(37-26(40)19(27(37)49-30)15-20(38)23(32)18-7-5-4-6-8-18)28(41)45-11-13-47-48-14-12-46-29(42)25-31(3,17-35-10-9-33-34-35)50(43,44)22-16-21(39)36(22)25/h4-10,19,22-25,27H,11-17,32H2,1-3H3/t19-,22+,23?,24?,25?,27-,31+/m1/s1. The fourth-order valence-electron chi connectivity index (χ4n) is 6.99. The summed E-state index contributed by atoms with van der Waals surface area (Å²) in [4.78, 5) is 67.4. The molecule has 0 saturated carbocycles. The Morgan fingerprint density at radius 3 is 2.26 bits per heavy atom. The van der Waals surface area contributed by atoms with Crippen LogP contribution in [0.3, 0.4) is 0 Å². The Hall–Kier alpha value is -3.13. The van der Waals surface area contributed by atoms with E-state index in [1.54, 1.807) is 24.3 Å². The quantitative estimate of drug-likeness (QED) is 0.117. The summed E-state index contributed by atoms with van der Waals surface area (Å²) in [6.45, 7) is 5.10. The van der Waals surface area contributed by atoms with Crippen LogP contribution in [0.25, 0.3) is 0 Å². The molecule has 4 aliphatic rings. The number of nitrogens with zero attached hydrogens (tertiary/aromatic N) is 5. The van der Waals surface area contributed by atoms with Gasteiger partial charge in [-0.2, -0.15) is 0 Å². The molecule has 2 N–H and O–H groups in total. The number of benzene rings is 1. The molecular weight excluding hydrogens is 729 g/mol. The summed E-state index contributed by atoms with van der Waals surface area (Å²) in [5.74, 6) is -1.97. The molecule has 0 bridgehead atoms. The van der Waals surface area contributed by atoms with Crippen molar-refractivity contribution in [2.75, 3.05) is 24.7 Å². The highest BCUT2D eigenvalue weighted by Gasteiger charge is 2.70. The zero-order valence-corrected chi connectivity index (χ0v) is 30.8. The van der Waals surface area contributed by atoms with Crippen molar-refractivity contribution in [3.8, 4) is 0 Å². The van der Waals surface area contributed by atoms with E-state index in [0.717, 1.165) is 4.90 Å². The van der Waals surface area contributed by atoms with E-state index in [1.165, 1.54) is 62.2 Å². The lowest BCUT2D eigenvalue weighted by Gasteiger charge is -2.44. The number of thioether (sulfide) groups is 1. The van der Waals surface area contributed by atoms with Gasteiger partial charge in [0.2, 0.25) is 11.8 Å². The largest absolute Gasteiger partial charge is 0.463 e. The first-order chi connectivity index (χ1) is 23.7. The summed E-state index contributed by atoms with van der Waals surface area (Å²) in [7, 11) is -1.13. The van der Waals surface area contributed by atoms with Crippen LogP contribution in [0.4, 0.5) is 0 Å². The molecule has 4 saturated heterocycles. The van der Waals surface area contributed by atoms with Gasteiger partial charge in [0.05, 0.1) is 36.5 Å². The molecule has 3 unspecified atom stereocenters. The zero-order chi connectivity index (χ0) is 36.0. The molecular formula is C31H38N6O9S4. The number of carbonyl (C=O) groups excluding carboxylic acids is 5. The molecule has 7 atom stereocenters. The fourth-order valence-corrected chi connectivity index (χ4v) is 12.7. The maximum absolute atomic E-state index is 13.3. The normalized spacial score (nSPS) is 29.4. The molecule has 15 nitrogen and oxygen atoms in total. The third-order valence-corrected chi connectivity index (χ3v) is 16.3. The van der Waals surface area contributed by atoms with Crippen molar-refractivity contribution < 1.29 is 41.9 Å². The number of esters is 2. The molecule has 4 fully saturated rings. The second kappa shape index (κ2) is 14.1. The first-order valence-corrected chi connectivity index (χ1v) is 20.9. The molecule has 0 aliphatic carbocycles. The lowest BCUT2D eigenvalue weighted by molar-refractivity contribution is -0.167. The summed E-state index contributed by atoms with van der Waals surface area (Å²) in [6, 6.07) is 6.08. The average Bonchev–Trinajstić information content (AvgIpc) is 3.71. The molecule has 19 heteroatoms. The summed E-state index contributed by atoms with van der Waals surface area (Å²) in [6.07, 6.45) is 2.72. The number of fused-ring (bicyclic) bond motifs is 2. The molecule has 2 amide bonds. The van der Waals surface area contributed by atoms with Gasteiger partial charge in [0.1, 0.15) is 29.4 Å². The number of β-lactam (4-membered cyclic amide) rings is 2. The smallest absolute Gasteiger partial charge is 0.330 e. The highest BCUT2D eigenvalue weighted by Crippen LogP contribution is 2.54. The van der Waals surface area contributed by atoms with Gasteiger partial charge in [0.25, 0.3) is 0 Å². The first kappa shape index (κ1) is 36.7. The first-order valence-electron chi connectivity index (χ1n) is 16.0. The number of Topliss-reactive ketones (excluding diaryl/α,β-unsaturated/α-hetero) is 1. The molecule has 1 aromatic carbocycles. The molecule has 50 heavy (non-hydrogen) atoms. The van der Waals surface area contributed by atoms with Crippen LogP contribution >= 0.6 is 33.3 Å². The van der Waals surface area contributed by atoms with Crippen molar-refractivity contribution in [3.63, 3.8) is 0 Å². The predicted octanol–water partition coefficient (Wildman–Crippen LogP) is 1.20. The Labute approximate surface area is 301 Å². The van der Waals surface area contributed by atoms with Gasteiger partial charge in [-0.05, 0) is 26.3 Å². The molecule has 5 heterocycles. The van der Waals surface area contributed by atoms with Crippen LogP contribution in [-0.4, -0.2) is 120 Å². The van der Waals surface area contributed by atoms with Gasteiger partial charge in [-0.25, -0.2) is 18.0 Å². The fraction of sp³-hybridized carbons (Fsp3) is 0.581. The van der Waals surface area contributed by atoms with Crippen LogP contribution in [0.15, 0.2) is 42.7 Å². The SMILES string of the molecule is CC1(C)S[C@@H]2[C@H](CC(=O)C(N)c3ccccc3)C(=O)N2C1C(=O)OCCSSCCOC(=O)C1N2C(=O)C[C@@H]2S(=O)(=O)[C@@]1(C)Cn1ccnn1. The summed E-state index contributed by atoms with van der Waals surface area (Å²) < 4.78 is 36.7. The highest BCUT2D eigenvalue weighted by atomic mass is 33.1. The van der Waals surface area contributed by atoms with Crippen molar-refractivity contribution >= 4 is 72.7 Å². The summed E-state index contributed by atoms with van der Waals surface area (Å²) in [5, 5.41) is 6.16. The van der Waals surface area contributed by atoms with Gasteiger partial charge in [0, 0.05) is 28.9 Å². The maximum Gasteiger partial charge on any atom is 0.330 e. The number of hydrogen-bond acceptors (Lipinski definition) is 15. The maximum atomic E-state index is 13.3. The number of nitrogens with two attached hydrogens (primary N) is 1. The van der Waals surface area contributed by atoms with Crippen LogP contribution in [0.5, 0.6) is 0 Å². The third-order valence-electron chi connectivity index (χ3n) is 9.59. The van der Waals surface area contributed by atoms with Crippen LogP contribution in [-0.2, 0) is 49.8 Å². The Kier molecular flexibility index (Phi) is 10.4. The Morgan fingerprint density at radius 2 is 1.66 bits per heavy atom. The molecule has 270 valence electrons. The minimum atomic E-state index is -3.90. The molecule has 4 aliphatic heterocycles. The lowest BCUT2D eigenvalue weighted by Crippen LogP contribution is -2.63. The Bertz CT molecular complexity index is 1760. The minimum absolute atomic E-state index is 0.00302. The van der Waals surface area contributed by atoms with E-state index in [1.807, 2.05) is 19.9 Å². The van der Waals surface area contributed by atoms with Gasteiger partial charge in [-0.1, -0.05) is 57.1 Å². The Morgan fingerprint density at radius 1 is 1.02 bits per heavy atom. The van der Waals surface area contributed by atoms with E-state index in [4.69, 9.17) is 15.2 Å². The van der Waals surface area contributed by atoms with Crippen LogP contribution in [0, 0.1) is 5.92 Å². The minimum Gasteiger partial charge on any atom is -0.463 e. The van der Waals surface area contributed by atoms with Crippen molar-refractivity contribution in [1.82, 2.24) is 24.8 Å². The van der Waals surface area contributed by atoms with Gasteiger partial charge < -0.3 is 25.0 Å². The van der Waals surface area contributed by atoms with E-state index in [9.17, 15) is 32.4 Å². The molecule has 6 rings (SSSR count). The second-order valence-corrected chi connectivity index (χ2v) is 20.3. The highest BCUT2D eigenvalue weighted by molar-refractivity contribution is 8.76. The van der Waals surface area contributed by atoms with E-state index in [0.29, 0.717) is 17.1 Å². The van der Waals surface area contributed by atoms with Crippen molar-refractivity contribution in [3.05, 3.63) is 48.3 Å². The van der Waals surface area contributed by atoms with Gasteiger partial charge in [-0.15, -0.1) is 16.9 Å². The van der Waals surface area contributed by atoms with Gasteiger partial charge in [-0.3, -0.25) is 19.1 Å². The summed E-state index contributed by atoms with van der Waals surface area (Å²) in [5.41, 5.74) is 6.85. The molecule has 0 radical (unpaired) electrons. The van der Waals surface area contributed by atoms with E-state index < -0.39 is 66.6 Å². The lowest BCUT2D eigenvalue weighted by atomic mass is 9.86. The van der Waals surface area contributed by atoms with E-state index in [-0.39, 0.29) is 49.7 Å². The second-order valence-electron chi connectivity index (χ2n) is 13.2. The number of amides is 2. The monoisotopic (exact) mass is 766 g/mol. The molecule has 1 aromatic heterocycles.